The molecule has 0 aromatic carbocycles. The first-order valence-corrected chi connectivity index (χ1v) is 4.92. The zero-order valence-corrected chi connectivity index (χ0v) is 8.19. The maximum atomic E-state index is 11.2. The third kappa shape index (κ3) is 1.89. The van der Waals surface area contributed by atoms with Crippen molar-refractivity contribution in [1.82, 2.24) is 0 Å². The summed E-state index contributed by atoms with van der Waals surface area (Å²) in [5.41, 5.74) is 5.11. The lowest BCUT2D eigenvalue weighted by atomic mass is 10.0. The lowest BCUT2D eigenvalue weighted by Crippen LogP contribution is -2.54. The zero-order chi connectivity index (χ0) is 10.2. The van der Waals surface area contributed by atoms with Crippen molar-refractivity contribution in [1.29, 1.82) is 0 Å². The highest BCUT2D eigenvalue weighted by Gasteiger charge is 2.50. The first-order chi connectivity index (χ1) is 6.64. The molecule has 0 aromatic heterocycles. The summed E-state index contributed by atoms with van der Waals surface area (Å²) in [6.45, 7) is 1.31. The van der Waals surface area contributed by atoms with Gasteiger partial charge in [0.2, 0.25) is 0 Å². The standard InChI is InChI=1S/C9H15NO4/c1-2-12-8-13-7(11)5-9(10,14-8)6-3-4-6/h6,8H,2-5,10H2,1H3/t8?,9-/m0/s1. The van der Waals surface area contributed by atoms with Gasteiger partial charge < -0.3 is 15.2 Å². The van der Waals surface area contributed by atoms with Gasteiger partial charge in [0.15, 0.2) is 0 Å². The molecule has 0 radical (unpaired) electrons. The summed E-state index contributed by atoms with van der Waals surface area (Å²) in [6, 6.07) is 0. The number of carbonyl (C=O) groups excluding carboxylic acids is 1. The van der Waals surface area contributed by atoms with Crippen molar-refractivity contribution >= 4 is 5.97 Å². The van der Waals surface area contributed by atoms with Crippen LogP contribution in [-0.2, 0) is 19.0 Å². The van der Waals surface area contributed by atoms with E-state index in [0.29, 0.717) is 6.61 Å². The average molecular weight is 201 g/mol. The molecular weight excluding hydrogens is 186 g/mol. The second-order valence-electron chi connectivity index (χ2n) is 3.76. The van der Waals surface area contributed by atoms with Crippen molar-refractivity contribution in [3.05, 3.63) is 0 Å². The summed E-state index contributed by atoms with van der Waals surface area (Å²) in [7, 11) is 0. The highest BCUT2D eigenvalue weighted by Crippen LogP contribution is 2.43. The van der Waals surface area contributed by atoms with Crippen molar-refractivity contribution in [3.63, 3.8) is 0 Å². The zero-order valence-electron chi connectivity index (χ0n) is 8.19. The number of rotatable bonds is 3. The van der Waals surface area contributed by atoms with Crippen LogP contribution in [0.3, 0.4) is 0 Å². The lowest BCUT2D eigenvalue weighted by Gasteiger charge is -2.36. The minimum absolute atomic E-state index is 0.126. The summed E-state index contributed by atoms with van der Waals surface area (Å²) >= 11 is 0. The van der Waals surface area contributed by atoms with Gasteiger partial charge >= 0.3 is 12.4 Å². The predicted molar refractivity (Wildman–Crippen MR) is 46.9 cm³/mol. The number of esters is 1. The van der Waals surface area contributed by atoms with Crippen molar-refractivity contribution in [3.8, 4) is 0 Å². The summed E-state index contributed by atoms with van der Waals surface area (Å²) in [5, 5.41) is 0. The molecule has 5 nitrogen and oxygen atoms in total. The van der Waals surface area contributed by atoms with Crippen LogP contribution in [0.15, 0.2) is 0 Å². The van der Waals surface area contributed by atoms with Crippen LogP contribution in [0.4, 0.5) is 0 Å². The second-order valence-corrected chi connectivity index (χ2v) is 3.76. The summed E-state index contributed by atoms with van der Waals surface area (Å²) in [4.78, 5) is 11.2. The Bertz CT molecular complexity index is 241. The number of ether oxygens (including phenoxy) is 3. The fourth-order valence-electron chi connectivity index (χ4n) is 1.64. The van der Waals surface area contributed by atoms with Crippen LogP contribution in [0.1, 0.15) is 26.2 Å². The fraction of sp³-hybridized carbons (Fsp3) is 0.889. The fourth-order valence-corrected chi connectivity index (χ4v) is 1.64. The van der Waals surface area contributed by atoms with E-state index >= 15 is 0 Å². The molecule has 1 unspecified atom stereocenters. The van der Waals surface area contributed by atoms with Gasteiger partial charge in [0.1, 0.15) is 5.72 Å². The van der Waals surface area contributed by atoms with Crippen LogP contribution in [0, 0.1) is 5.92 Å². The number of cyclic esters (lactones) is 1. The molecule has 1 aliphatic heterocycles. The van der Waals surface area contributed by atoms with Crippen LogP contribution in [-0.4, -0.2) is 24.8 Å². The third-order valence-corrected chi connectivity index (χ3v) is 2.54. The van der Waals surface area contributed by atoms with Gasteiger partial charge in [0.25, 0.3) is 0 Å². The van der Waals surface area contributed by atoms with Gasteiger partial charge in [-0.3, -0.25) is 9.53 Å². The Hall–Kier alpha value is -0.650. The molecule has 0 bridgehead atoms. The van der Waals surface area contributed by atoms with Crippen molar-refractivity contribution in [2.24, 2.45) is 11.7 Å². The molecule has 5 heteroatoms. The van der Waals surface area contributed by atoms with Crippen LogP contribution in [0.25, 0.3) is 0 Å². The molecule has 0 spiro atoms. The van der Waals surface area contributed by atoms with Crippen molar-refractivity contribution < 1.29 is 19.0 Å². The van der Waals surface area contributed by atoms with E-state index in [-0.39, 0.29) is 18.3 Å². The van der Waals surface area contributed by atoms with E-state index in [4.69, 9.17) is 19.9 Å². The van der Waals surface area contributed by atoms with E-state index < -0.39 is 12.2 Å². The van der Waals surface area contributed by atoms with Crippen molar-refractivity contribution in [2.75, 3.05) is 6.61 Å². The topological polar surface area (TPSA) is 70.8 Å². The molecule has 0 amide bonds. The number of nitrogens with two attached hydrogens (primary N) is 1. The molecule has 0 aromatic rings. The molecule has 2 fully saturated rings. The molecule has 1 saturated heterocycles. The SMILES string of the molecule is CCOC1OC(=O)C[C@@](N)(C2CC2)O1. The monoisotopic (exact) mass is 201 g/mol. The van der Waals surface area contributed by atoms with Gasteiger partial charge in [-0.2, -0.15) is 0 Å². The number of hydrogen-bond donors (Lipinski definition) is 1. The molecule has 14 heavy (non-hydrogen) atoms. The largest absolute Gasteiger partial charge is 0.410 e. The van der Waals surface area contributed by atoms with Gasteiger partial charge in [0.05, 0.1) is 13.0 Å². The Kier molecular flexibility index (Phi) is 2.47. The summed E-state index contributed by atoms with van der Waals surface area (Å²) < 4.78 is 15.3. The number of carbonyl (C=O) groups is 1. The van der Waals surface area contributed by atoms with E-state index in [1.54, 1.807) is 6.92 Å². The van der Waals surface area contributed by atoms with Gasteiger partial charge in [-0.1, -0.05) is 0 Å². The Morgan fingerprint density at radius 3 is 2.93 bits per heavy atom. The van der Waals surface area contributed by atoms with Crippen molar-refractivity contribution in [2.45, 2.75) is 38.4 Å². The molecule has 1 aliphatic carbocycles. The maximum absolute atomic E-state index is 11.2. The first-order valence-electron chi connectivity index (χ1n) is 4.92. The molecule has 1 heterocycles. The second kappa shape index (κ2) is 3.49. The van der Waals surface area contributed by atoms with Crippen LogP contribution in [0.5, 0.6) is 0 Å². The molecule has 2 N–H and O–H groups in total. The minimum atomic E-state index is -0.924. The van der Waals surface area contributed by atoms with Crippen LogP contribution < -0.4 is 5.73 Å². The van der Waals surface area contributed by atoms with Gasteiger partial charge in [-0.25, -0.2) is 0 Å². The first kappa shape index (κ1) is 9.89. The Morgan fingerprint density at radius 2 is 2.36 bits per heavy atom. The lowest BCUT2D eigenvalue weighted by molar-refractivity contribution is -0.337. The van der Waals surface area contributed by atoms with E-state index in [1.165, 1.54) is 0 Å². The third-order valence-electron chi connectivity index (χ3n) is 2.54. The quantitative estimate of drug-likeness (QED) is 0.666. The Balaban J connectivity index is 2.01. The summed E-state index contributed by atoms with van der Waals surface area (Å²) in [5.74, 6) is -0.0672. The summed E-state index contributed by atoms with van der Waals surface area (Å²) in [6.07, 6.45) is 2.16. The molecule has 2 rings (SSSR count). The van der Waals surface area contributed by atoms with Gasteiger partial charge in [0, 0.05) is 5.92 Å². The molecule has 80 valence electrons. The predicted octanol–water partition coefficient (Wildman–Crippen LogP) is 0.335. The van der Waals surface area contributed by atoms with E-state index in [2.05, 4.69) is 0 Å². The highest BCUT2D eigenvalue weighted by atomic mass is 16.9. The van der Waals surface area contributed by atoms with E-state index in [0.717, 1.165) is 12.8 Å². The van der Waals surface area contributed by atoms with E-state index in [1.807, 2.05) is 0 Å². The maximum Gasteiger partial charge on any atom is 0.320 e. The molecule has 1 saturated carbocycles. The smallest absolute Gasteiger partial charge is 0.320 e. The molecular formula is C9H15NO4. The molecule has 2 aliphatic rings. The Labute approximate surface area is 82.5 Å². The van der Waals surface area contributed by atoms with E-state index in [9.17, 15) is 4.79 Å². The van der Waals surface area contributed by atoms with Gasteiger partial charge in [-0.15, -0.1) is 0 Å². The van der Waals surface area contributed by atoms with Gasteiger partial charge in [-0.05, 0) is 19.8 Å². The minimum Gasteiger partial charge on any atom is -0.410 e. The van der Waals surface area contributed by atoms with Crippen LogP contribution in [0.2, 0.25) is 0 Å². The van der Waals surface area contributed by atoms with Crippen LogP contribution >= 0.6 is 0 Å². The Morgan fingerprint density at radius 1 is 1.64 bits per heavy atom. The average Bonchev–Trinajstić information content (AvgIpc) is 2.84. The number of hydrogen-bond acceptors (Lipinski definition) is 5. The highest BCUT2D eigenvalue weighted by molar-refractivity contribution is 5.71. The normalized spacial score (nSPS) is 38.1. The molecule has 2 atom stereocenters.